The van der Waals surface area contributed by atoms with E-state index >= 15 is 0 Å². The van der Waals surface area contributed by atoms with Gasteiger partial charge in [-0.05, 0) is 48.0 Å². The number of allylic oxidation sites excluding steroid dienone is 1. The highest BCUT2D eigenvalue weighted by Crippen LogP contribution is 2.23. The van der Waals surface area contributed by atoms with Gasteiger partial charge in [0, 0.05) is 22.8 Å². The van der Waals surface area contributed by atoms with Crippen LogP contribution >= 0.6 is 11.6 Å². The fourth-order valence-corrected chi connectivity index (χ4v) is 2.04. The summed E-state index contributed by atoms with van der Waals surface area (Å²) in [6, 6.07) is 10.6. The minimum Gasteiger partial charge on any atom is -0.453 e. The Hall–Kier alpha value is -2.39. The molecule has 0 spiro atoms. The number of fused-ring (bicyclic) bond motifs is 1. The second-order valence-corrected chi connectivity index (χ2v) is 4.71. The normalized spacial score (nSPS) is 11.2. The Morgan fingerprint density at radius 2 is 2.15 bits per heavy atom. The van der Waals surface area contributed by atoms with E-state index in [1.165, 1.54) is 6.08 Å². The standard InChI is InChI=1S/C16H10ClNO2/c17-13-4-6-15-12(8-13)9-16(20-15)14(19)5-3-11-2-1-7-18-10-11/h1-10H/b5-3-. The van der Waals surface area contributed by atoms with Crippen LogP contribution in [0.5, 0.6) is 0 Å². The summed E-state index contributed by atoms with van der Waals surface area (Å²) in [5, 5.41) is 1.43. The van der Waals surface area contributed by atoms with E-state index in [0.717, 1.165) is 10.9 Å². The topological polar surface area (TPSA) is 43.1 Å². The Balaban J connectivity index is 1.87. The van der Waals surface area contributed by atoms with Gasteiger partial charge in [-0.25, -0.2) is 0 Å². The molecule has 4 heteroatoms. The van der Waals surface area contributed by atoms with Crippen LogP contribution in [-0.2, 0) is 0 Å². The molecule has 0 aliphatic rings. The molecule has 0 bridgehead atoms. The van der Waals surface area contributed by atoms with Crippen molar-refractivity contribution >= 4 is 34.4 Å². The highest BCUT2D eigenvalue weighted by Gasteiger charge is 2.09. The number of aromatic nitrogens is 1. The largest absolute Gasteiger partial charge is 0.453 e. The van der Waals surface area contributed by atoms with Crippen LogP contribution in [-0.4, -0.2) is 10.8 Å². The van der Waals surface area contributed by atoms with Crippen molar-refractivity contribution in [2.75, 3.05) is 0 Å². The molecular weight excluding hydrogens is 274 g/mol. The quantitative estimate of drug-likeness (QED) is 0.529. The third-order valence-electron chi connectivity index (χ3n) is 2.83. The molecule has 0 fully saturated rings. The van der Waals surface area contributed by atoms with Crippen molar-refractivity contribution in [3.63, 3.8) is 0 Å². The average Bonchev–Trinajstić information content (AvgIpc) is 2.89. The molecule has 2 heterocycles. The Bertz CT molecular complexity index is 791. The SMILES string of the molecule is O=C(/C=C\c1cccnc1)c1cc2cc(Cl)ccc2o1. The molecule has 20 heavy (non-hydrogen) atoms. The number of rotatable bonds is 3. The monoisotopic (exact) mass is 283 g/mol. The molecule has 0 saturated carbocycles. The molecule has 3 nitrogen and oxygen atoms in total. The second kappa shape index (κ2) is 5.31. The zero-order chi connectivity index (χ0) is 13.9. The van der Waals surface area contributed by atoms with Gasteiger partial charge in [0.25, 0.3) is 0 Å². The van der Waals surface area contributed by atoms with Crippen molar-refractivity contribution in [3.05, 3.63) is 71.2 Å². The van der Waals surface area contributed by atoms with Gasteiger partial charge in [-0.2, -0.15) is 0 Å². The van der Waals surface area contributed by atoms with E-state index in [-0.39, 0.29) is 5.78 Å². The van der Waals surface area contributed by atoms with Gasteiger partial charge in [0.15, 0.2) is 5.76 Å². The highest BCUT2D eigenvalue weighted by molar-refractivity contribution is 6.31. The van der Waals surface area contributed by atoms with Gasteiger partial charge < -0.3 is 4.42 Å². The maximum absolute atomic E-state index is 12.0. The molecule has 0 saturated heterocycles. The summed E-state index contributed by atoms with van der Waals surface area (Å²) in [6.07, 6.45) is 6.54. The van der Waals surface area contributed by atoms with Crippen molar-refractivity contribution in [1.82, 2.24) is 4.98 Å². The lowest BCUT2D eigenvalue weighted by molar-refractivity contribution is 0.102. The van der Waals surface area contributed by atoms with Crippen molar-refractivity contribution < 1.29 is 9.21 Å². The molecule has 0 aliphatic heterocycles. The second-order valence-electron chi connectivity index (χ2n) is 4.28. The molecule has 0 radical (unpaired) electrons. The predicted octanol–water partition coefficient (Wildman–Crippen LogP) is 4.38. The van der Waals surface area contributed by atoms with Crippen molar-refractivity contribution in [1.29, 1.82) is 0 Å². The molecule has 0 atom stereocenters. The number of hydrogen-bond donors (Lipinski definition) is 0. The van der Waals surface area contributed by atoms with E-state index in [4.69, 9.17) is 16.0 Å². The van der Waals surface area contributed by atoms with Gasteiger partial charge in [-0.1, -0.05) is 17.7 Å². The van der Waals surface area contributed by atoms with Gasteiger partial charge in [0.1, 0.15) is 5.58 Å². The van der Waals surface area contributed by atoms with E-state index in [0.29, 0.717) is 16.4 Å². The molecule has 2 aromatic heterocycles. The first-order valence-corrected chi connectivity index (χ1v) is 6.42. The maximum atomic E-state index is 12.0. The molecule has 3 aromatic rings. The summed E-state index contributed by atoms with van der Waals surface area (Å²) in [7, 11) is 0. The van der Waals surface area contributed by atoms with Gasteiger partial charge >= 0.3 is 0 Å². The number of benzene rings is 1. The fraction of sp³-hybridized carbons (Fsp3) is 0. The smallest absolute Gasteiger partial charge is 0.221 e. The van der Waals surface area contributed by atoms with E-state index in [1.54, 1.807) is 42.7 Å². The maximum Gasteiger partial charge on any atom is 0.221 e. The lowest BCUT2D eigenvalue weighted by Crippen LogP contribution is -1.90. The predicted molar refractivity (Wildman–Crippen MR) is 78.8 cm³/mol. The first-order valence-electron chi connectivity index (χ1n) is 6.04. The third kappa shape index (κ3) is 2.63. The molecule has 1 aromatic carbocycles. The van der Waals surface area contributed by atoms with Gasteiger partial charge in [0.2, 0.25) is 5.78 Å². The van der Waals surface area contributed by atoms with E-state index in [9.17, 15) is 4.79 Å². The van der Waals surface area contributed by atoms with Crippen LogP contribution in [0.1, 0.15) is 16.1 Å². The lowest BCUT2D eigenvalue weighted by atomic mass is 10.2. The van der Waals surface area contributed by atoms with Crippen LogP contribution in [0.2, 0.25) is 5.02 Å². The van der Waals surface area contributed by atoms with Crippen LogP contribution < -0.4 is 0 Å². The summed E-state index contributed by atoms with van der Waals surface area (Å²) in [6.45, 7) is 0. The number of nitrogens with zero attached hydrogens (tertiary/aromatic N) is 1. The van der Waals surface area contributed by atoms with E-state index < -0.39 is 0 Å². The lowest BCUT2D eigenvalue weighted by Gasteiger charge is -1.90. The number of carbonyl (C=O) groups excluding carboxylic acids is 1. The molecule has 0 aliphatic carbocycles. The number of halogens is 1. The zero-order valence-corrected chi connectivity index (χ0v) is 11.2. The van der Waals surface area contributed by atoms with Crippen LogP contribution in [0.15, 0.2) is 59.3 Å². The highest BCUT2D eigenvalue weighted by atomic mass is 35.5. The van der Waals surface area contributed by atoms with Crippen LogP contribution in [0.25, 0.3) is 17.0 Å². The van der Waals surface area contributed by atoms with E-state index in [1.807, 2.05) is 12.1 Å². The summed E-state index contributed by atoms with van der Waals surface area (Å²) in [4.78, 5) is 16.0. The van der Waals surface area contributed by atoms with Crippen molar-refractivity contribution in [2.45, 2.75) is 0 Å². The number of carbonyl (C=O) groups is 1. The van der Waals surface area contributed by atoms with Crippen LogP contribution in [0, 0.1) is 0 Å². The first kappa shape index (κ1) is 12.6. The average molecular weight is 284 g/mol. The molecule has 3 rings (SSSR count). The van der Waals surface area contributed by atoms with Crippen molar-refractivity contribution in [3.8, 4) is 0 Å². The van der Waals surface area contributed by atoms with Crippen molar-refractivity contribution in [2.24, 2.45) is 0 Å². The first-order chi connectivity index (χ1) is 9.72. The molecule has 98 valence electrons. The van der Waals surface area contributed by atoms with Gasteiger partial charge in [0.05, 0.1) is 0 Å². The van der Waals surface area contributed by atoms with Gasteiger partial charge in [-0.3, -0.25) is 9.78 Å². The molecular formula is C16H10ClNO2. The molecule has 0 unspecified atom stereocenters. The number of ketones is 1. The number of furan rings is 1. The summed E-state index contributed by atoms with van der Waals surface area (Å²) in [5.41, 5.74) is 1.51. The Morgan fingerprint density at radius 1 is 1.25 bits per heavy atom. The third-order valence-corrected chi connectivity index (χ3v) is 3.07. The Morgan fingerprint density at radius 3 is 2.95 bits per heavy atom. The number of hydrogen-bond acceptors (Lipinski definition) is 3. The summed E-state index contributed by atoms with van der Waals surface area (Å²) in [5.74, 6) is 0.101. The molecule has 0 amide bonds. The Kier molecular flexibility index (Phi) is 3.35. The van der Waals surface area contributed by atoms with Crippen LogP contribution in [0.3, 0.4) is 0 Å². The van der Waals surface area contributed by atoms with E-state index in [2.05, 4.69) is 4.98 Å². The van der Waals surface area contributed by atoms with Gasteiger partial charge in [-0.15, -0.1) is 0 Å². The number of pyridine rings is 1. The summed E-state index contributed by atoms with van der Waals surface area (Å²) >= 11 is 5.90. The Labute approximate surface area is 120 Å². The van der Waals surface area contributed by atoms with Crippen LogP contribution in [0.4, 0.5) is 0 Å². The fourth-order valence-electron chi connectivity index (χ4n) is 1.86. The minimum atomic E-state index is -0.193. The summed E-state index contributed by atoms with van der Waals surface area (Å²) < 4.78 is 5.50. The molecule has 0 N–H and O–H groups in total. The zero-order valence-electron chi connectivity index (χ0n) is 10.4. The minimum absolute atomic E-state index is 0.193.